The van der Waals surface area contributed by atoms with E-state index in [2.05, 4.69) is 47.8 Å². The van der Waals surface area contributed by atoms with Crippen molar-refractivity contribution in [2.24, 2.45) is 0 Å². The lowest BCUT2D eigenvalue weighted by molar-refractivity contribution is 0.293. The molecule has 0 aromatic heterocycles. The largest absolute Gasteiger partial charge is 0.496 e. The molecule has 2 aromatic rings. The number of ether oxygens (including phenoxy) is 2. The maximum atomic E-state index is 5.86. The molecule has 0 aliphatic rings. The molecule has 0 aliphatic carbocycles. The van der Waals surface area contributed by atoms with Gasteiger partial charge in [0.2, 0.25) is 0 Å². The molecule has 0 spiro atoms. The quantitative estimate of drug-likeness (QED) is 0.607. The number of hydrogen-bond donors (Lipinski definition) is 0. The van der Waals surface area contributed by atoms with Gasteiger partial charge in [0.1, 0.15) is 18.1 Å². The van der Waals surface area contributed by atoms with E-state index >= 15 is 0 Å². The number of halogens is 3. The molecule has 0 N–H and O–H groups in total. The molecule has 19 heavy (non-hydrogen) atoms. The molecule has 2 nitrogen and oxygen atoms in total. The highest BCUT2D eigenvalue weighted by molar-refractivity contribution is 9.11. The third-order valence-corrected chi connectivity index (χ3v) is 4.28. The molecule has 0 saturated carbocycles. The number of methoxy groups -OCH3 is 1. The lowest BCUT2D eigenvalue weighted by Crippen LogP contribution is -1.99. The van der Waals surface area contributed by atoms with Gasteiger partial charge in [-0.25, -0.2) is 0 Å². The first-order chi connectivity index (χ1) is 9.11. The van der Waals surface area contributed by atoms with Gasteiger partial charge in [0, 0.05) is 10.0 Å². The Balaban J connectivity index is 2.21. The summed E-state index contributed by atoms with van der Waals surface area (Å²) in [6.07, 6.45) is 0. The van der Waals surface area contributed by atoms with Crippen molar-refractivity contribution in [3.8, 4) is 11.5 Å². The third-order valence-electron chi connectivity index (χ3n) is 2.53. The summed E-state index contributed by atoms with van der Waals surface area (Å²) < 4.78 is 14.0. The van der Waals surface area contributed by atoms with Crippen LogP contribution >= 0.6 is 47.8 Å². The topological polar surface area (TPSA) is 18.5 Å². The molecule has 2 aromatic carbocycles. The van der Waals surface area contributed by atoms with E-state index in [-0.39, 0.29) is 0 Å². The van der Waals surface area contributed by atoms with E-state index < -0.39 is 0 Å². The Hall–Kier alpha value is -0.520. The molecule has 0 saturated heterocycles. The molecular weight excluding hydrogens is 440 g/mol. The smallest absolute Gasteiger partial charge is 0.148 e. The van der Waals surface area contributed by atoms with E-state index in [9.17, 15) is 0 Å². The highest BCUT2D eigenvalue weighted by Crippen LogP contribution is 2.34. The lowest BCUT2D eigenvalue weighted by Gasteiger charge is -2.13. The Labute approximate surface area is 137 Å². The van der Waals surface area contributed by atoms with Crippen LogP contribution in [0, 0.1) is 0 Å². The van der Waals surface area contributed by atoms with Crippen molar-refractivity contribution in [3.63, 3.8) is 0 Å². The van der Waals surface area contributed by atoms with E-state index in [1.165, 1.54) is 0 Å². The predicted molar refractivity (Wildman–Crippen MR) is 86.9 cm³/mol. The summed E-state index contributed by atoms with van der Waals surface area (Å²) >= 11 is 10.4. The monoisotopic (exact) mass is 448 g/mol. The fourth-order valence-electron chi connectivity index (χ4n) is 1.63. The first-order valence-electron chi connectivity index (χ1n) is 5.51. The summed E-state index contributed by atoms with van der Waals surface area (Å²) in [7, 11) is 1.65. The van der Waals surface area contributed by atoms with Crippen LogP contribution in [-0.2, 0) is 6.61 Å². The standard InChI is InChI=1S/C14H11Br3O2/c1-18-13-6-5-10(15)7-9(13)8-19-14-11(16)3-2-4-12(14)17/h2-7H,8H2,1H3. The molecular formula is C14H11Br3O2. The van der Waals surface area contributed by atoms with Gasteiger partial charge in [-0.3, -0.25) is 0 Å². The van der Waals surface area contributed by atoms with Crippen LogP contribution in [0.25, 0.3) is 0 Å². The minimum Gasteiger partial charge on any atom is -0.496 e. The molecule has 0 heterocycles. The Morgan fingerprint density at radius 2 is 1.68 bits per heavy atom. The van der Waals surface area contributed by atoms with E-state index in [1.807, 2.05) is 36.4 Å². The van der Waals surface area contributed by atoms with Crippen LogP contribution in [0.4, 0.5) is 0 Å². The zero-order valence-corrected chi connectivity index (χ0v) is 14.9. The summed E-state index contributed by atoms with van der Waals surface area (Å²) in [5, 5.41) is 0. The normalized spacial score (nSPS) is 10.3. The molecule has 5 heteroatoms. The van der Waals surface area contributed by atoms with Crippen LogP contribution in [0.5, 0.6) is 11.5 Å². The number of hydrogen-bond acceptors (Lipinski definition) is 2. The van der Waals surface area contributed by atoms with Gasteiger partial charge in [-0.15, -0.1) is 0 Å². The van der Waals surface area contributed by atoms with Crippen molar-refractivity contribution in [3.05, 3.63) is 55.4 Å². The van der Waals surface area contributed by atoms with Crippen LogP contribution in [0.2, 0.25) is 0 Å². The van der Waals surface area contributed by atoms with Crippen molar-refractivity contribution < 1.29 is 9.47 Å². The predicted octanol–water partition coefficient (Wildman–Crippen LogP) is 5.56. The second kappa shape index (κ2) is 6.77. The fourth-order valence-corrected chi connectivity index (χ4v) is 3.27. The van der Waals surface area contributed by atoms with Crippen LogP contribution in [0.3, 0.4) is 0 Å². The first-order valence-corrected chi connectivity index (χ1v) is 7.89. The van der Waals surface area contributed by atoms with Gasteiger partial charge in [-0.1, -0.05) is 22.0 Å². The zero-order chi connectivity index (χ0) is 13.8. The average Bonchev–Trinajstić information content (AvgIpc) is 2.38. The maximum Gasteiger partial charge on any atom is 0.148 e. The Morgan fingerprint density at radius 1 is 1.00 bits per heavy atom. The van der Waals surface area contributed by atoms with E-state index in [4.69, 9.17) is 9.47 Å². The molecule has 100 valence electrons. The Bertz CT molecular complexity index is 565. The SMILES string of the molecule is COc1ccc(Br)cc1COc1c(Br)cccc1Br. The maximum absolute atomic E-state index is 5.86. The van der Waals surface area contributed by atoms with Gasteiger partial charge in [0.15, 0.2) is 0 Å². The minimum absolute atomic E-state index is 0.434. The zero-order valence-electron chi connectivity index (χ0n) is 10.1. The molecule has 0 fully saturated rings. The van der Waals surface area contributed by atoms with Crippen molar-refractivity contribution in [1.82, 2.24) is 0 Å². The molecule has 0 amide bonds. The Morgan fingerprint density at radius 3 is 2.32 bits per heavy atom. The molecule has 0 atom stereocenters. The number of para-hydroxylation sites is 1. The average molecular weight is 451 g/mol. The van der Waals surface area contributed by atoms with E-state index in [0.717, 1.165) is 30.5 Å². The first kappa shape index (κ1) is 14.9. The van der Waals surface area contributed by atoms with Gasteiger partial charge in [-0.2, -0.15) is 0 Å². The van der Waals surface area contributed by atoms with Crippen molar-refractivity contribution >= 4 is 47.8 Å². The summed E-state index contributed by atoms with van der Waals surface area (Å²) in [5.74, 6) is 1.59. The molecule has 0 unspecified atom stereocenters. The van der Waals surface area contributed by atoms with E-state index in [1.54, 1.807) is 7.11 Å². The highest BCUT2D eigenvalue weighted by atomic mass is 79.9. The van der Waals surface area contributed by atoms with Gasteiger partial charge in [0.05, 0.1) is 16.1 Å². The van der Waals surface area contributed by atoms with Crippen LogP contribution in [-0.4, -0.2) is 7.11 Å². The van der Waals surface area contributed by atoms with E-state index in [0.29, 0.717) is 6.61 Å². The van der Waals surface area contributed by atoms with Crippen molar-refractivity contribution in [2.45, 2.75) is 6.61 Å². The highest BCUT2D eigenvalue weighted by Gasteiger charge is 2.09. The number of benzene rings is 2. The van der Waals surface area contributed by atoms with Crippen LogP contribution in [0.1, 0.15) is 5.56 Å². The summed E-state index contributed by atoms with van der Waals surface area (Å²) in [4.78, 5) is 0. The fraction of sp³-hybridized carbons (Fsp3) is 0.143. The van der Waals surface area contributed by atoms with Gasteiger partial charge >= 0.3 is 0 Å². The third kappa shape index (κ3) is 3.74. The second-order valence-corrected chi connectivity index (χ2v) is 6.42. The van der Waals surface area contributed by atoms with Crippen LogP contribution in [0.15, 0.2) is 49.8 Å². The second-order valence-electron chi connectivity index (χ2n) is 3.80. The molecule has 0 aliphatic heterocycles. The molecule has 2 rings (SSSR count). The molecule has 0 bridgehead atoms. The van der Waals surface area contributed by atoms with Crippen molar-refractivity contribution in [1.29, 1.82) is 0 Å². The lowest BCUT2D eigenvalue weighted by atomic mass is 10.2. The number of rotatable bonds is 4. The molecule has 0 radical (unpaired) electrons. The summed E-state index contributed by atoms with van der Waals surface area (Å²) in [6.45, 7) is 0.434. The summed E-state index contributed by atoms with van der Waals surface area (Å²) in [6, 6.07) is 11.7. The summed E-state index contributed by atoms with van der Waals surface area (Å²) in [5.41, 5.74) is 0.986. The van der Waals surface area contributed by atoms with Gasteiger partial charge in [-0.05, 0) is 62.2 Å². The van der Waals surface area contributed by atoms with Crippen molar-refractivity contribution in [2.75, 3.05) is 7.11 Å². The van der Waals surface area contributed by atoms with Gasteiger partial charge < -0.3 is 9.47 Å². The minimum atomic E-state index is 0.434. The van der Waals surface area contributed by atoms with Gasteiger partial charge in [0.25, 0.3) is 0 Å². The van der Waals surface area contributed by atoms with Crippen LogP contribution < -0.4 is 9.47 Å². The Kier molecular flexibility index (Phi) is 5.30.